The maximum absolute atomic E-state index is 12.4. The van der Waals surface area contributed by atoms with Crippen LogP contribution < -0.4 is 5.32 Å². The van der Waals surface area contributed by atoms with Gasteiger partial charge in [-0.1, -0.05) is 54.2 Å². The number of nitrogens with one attached hydrogen (secondary N) is 1. The van der Waals surface area contributed by atoms with E-state index in [1.165, 1.54) is 6.08 Å². The van der Waals surface area contributed by atoms with Crippen LogP contribution >= 0.6 is 11.8 Å². The fourth-order valence-corrected chi connectivity index (χ4v) is 3.62. The van der Waals surface area contributed by atoms with Gasteiger partial charge in [-0.15, -0.1) is 0 Å². The fraction of sp³-hybridized carbons (Fsp3) is 0.182. The third-order valence-electron chi connectivity index (χ3n) is 4.28. The largest absolute Gasteiger partial charge is 0.462 e. The number of rotatable bonds is 7. The second-order valence-electron chi connectivity index (χ2n) is 6.32. The monoisotopic (exact) mass is 409 g/mol. The Kier molecular flexibility index (Phi) is 6.61. The van der Waals surface area contributed by atoms with Gasteiger partial charge in [-0.3, -0.25) is 19.7 Å². The molecule has 1 aliphatic heterocycles. The van der Waals surface area contributed by atoms with E-state index in [-0.39, 0.29) is 22.9 Å². The molecule has 1 heterocycles. The van der Waals surface area contributed by atoms with Crippen LogP contribution in [0.15, 0.2) is 54.6 Å². The topological polar surface area (TPSA) is 89.5 Å². The van der Waals surface area contributed by atoms with E-state index in [1.54, 1.807) is 61.5 Å². The van der Waals surface area contributed by atoms with Gasteiger partial charge in [-0.05, 0) is 42.7 Å². The average Bonchev–Trinajstić information content (AvgIpc) is 3.04. The number of carbonyl (C=O) groups is 4. The van der Waals surface area contributed by atoms with E-state index in [0.29, 0.717) is 24.2 Å². The minimum Gasteiger partial charge on any atom is -0.462 e. The molecule has 1 unspecified atom stereocenters. The first kappa shape index (κ1) is 20.5. The van der Waals surface area contributed by atoms with Gasteiger partial charge in [0, 0.05) is 5.56 Å². The zero-order valence-electron chi connectivity index (χ0n) is 15.7. The second kappa shape index (κ2) is 9.34. The Hall–Kier alpha value is -3.19. The Morgan fingerprint density at radius 1 is 1.03 bits per heavy atom. The molecule has 6 nitrogen and oxygen atoms in total. The summed E-state index contributed by atoms with van der Waals surface area (Å²) in [5.74, 6) is -0.816. The molecule has 1 saturated heterocycles. The Morgan fingerprint density at radius 3 is 2.28 bits per heavy atom. The molecule has 7 heteroatoms. The van der Waals surface area contributed by atoms with Crippen molar-refractivity contribution in [3.8, 4) is 0 Å². The fourth-order valence-electron chi connectivity index (χ4n) is 2.76. The van der Waals surface area contributed by atoms with Crippen LogP contribution in [0.2, 0.25) is 0 Å². The van der Waals surface area contributed by atoms with Crippen molar-refractivity contribution < 1.29 is 23.9 Å². The summed E-state index contributed by atoms with van der Waals surface area (Å²) in [5.41, 5.74) is 2.65. The molecule has 1 atom stereocenters. The predicted molar refractivity (Wildman–Crippen MR) is 111 cm³/mol. The van der Waals surface area contributed by atoms with E-state index in [9.17, 15) is 19.2 Å². The summed E-state index contributed by atoms with van der Waals surface area (Å²) in [5, 5.41) is 1.51. The highest BCUT2D eigenvalue weighted by atomic mass is 32.2. The number of esters is 1. The SMILES string of the molecule is CCOC(=O)c1ccc(/C=C/C(=O)c2ccc(CC3SC(=O)NC3=O)cc2)cc1. The summed E-state index contributed by atoms with van der Waals surface area (Å²) in [4.78, 5) is 46.9. The number of hydrogen-bond donors (Lipinski definition) is 1. The first-order valence-electron chi connectivity index (χ1n) is 9.06. The number of thioether (sulfide) groups is 1. The Labute approximate surface area is 172 Å². The standard InChI is InChI=1S/C22H19NO5S/c1-2-28-21(26)17-10-3-14(4-11-17)7-12-18(24)16-8-5-15(6-9-16)13-19-20(25)23-22(27)29-19/h3-12,19H,2,13H2,1H3,(H,23,25,27)/b12-7+. The lowest BCUT2D eigenvalue weighted by Crippen LogP contribution is -2.25. The van der Waals surface area contributed by atoms with Gasteiger partial charge in [0.1, 0.15) is 0 Å². The van der Waals surface area contributed by atoms with Gasteiger partial charge in [0.05, 0.1) is 17.4 Å². The molecule has 1 N–H and O–H groups in total. The van der Waals surface area contributed by atoms with E-state index in [0.717, 1.165) is 22.9 Å². The summed E-state index contributed by atoms with van der Waals surface area (Å²) < 4.78 is 4.94. The summed E-state index contributed by atoms with van der Waals surface area (Å²) in [6.07, 6.45) is 3.57. The Balaban J connectivity index is 1.59. The van der Waals surface area contributed by atoms with E-state index >= 15 is 0 Å². The van der Waals surface area contributed by atoms with Crippen molar-refractivity contribution >= 4 is 40.7 Å². The van der Waals surface area contributed by atoms with Gasteiger partial charge in [0.25, 0.3) is 5.24 Å². The van der Waals surface area contributed by atoms with Gasteiger partial charge in [-0.2, -0.15) is 0 Å². The van der Waals surface area contributed by atoms with Gasteiger partial charge < -0.3 is 4.74 Å². The number of benzene rings is 2. The lowest BCUT2D eigenvalue weighted by atomic mass is 10.0. The van der Waals surface area contributed by atoms with Crippen LogP contribution in [0.5, 0.6) is 0 Å². The van der Waals surface area contributed by atoms with Crippen LogP contribution in [0, 0.1) is 0 Å². The molecule has 0 aliphatic carbocycles. The molecular formula is C22H19NO5S. The normalized spacial score (nSPS) is 16.1. The zero-order chi connectivity index (χ0) is 20.8. The van der Waals surface area contributed by atoms with Crippen molar-refractivity contribution in [2.75, 3.05) is 6.61 Å². The predicted octanol–water partition coefficient (Wildman–Crippen LogP) is 3.65. The highest BCUT2D eigenvalue weighted by Crippen LogP contribution is 2.23. The van der Waals surface area contributed by atoms with Crippen molar-refractivity contribution in [1.29, 1.82) is 0 Å². The quantitative estimate of drug-likeness (QED) is 0.427. The number of hydrogen-bond acceptors (Lipinski definition) is 6. The van der Waals surface area contributed by atoms with Crippen LogP contribution in [-0.4, -0.2) is 34.8 Å². The van der Waals surface area contributed by atoms with Gasteiger partial charge in [-0.25, -0.2) is 4.79 Å². The highest BCUT2D eigenvalue weighted by Gasteiger charge is 2.31. The lowest BCUT2D eigenvalue weighted by Gasteiger charge is -2.05. The molecule has 2 aromatic carbocycles. The molecular weight excluding hydrogens is 390 g/mol. The number of allylic oxidation sites excluding steroid dienone is 1. The van der Waals surface area contributed by atoms with Crippen molar-refractivity contribution in [2.24, 2.45) is 0 Å². The summed E-state index contributed by atoms with van der Waals surface area (Å²) in [6.45, 7) is 2.07. The molecule has 0 spiro atoms. The van der Waals surface area contributed by atoms with Crippen LogP contribution in [-0.2, 0) is 16.0 Å². The molecule has 148 valence electrons. The van der Waals surface area contributed by atoms with E-state index in [1.807, 2.05) is 0 Å². The first-order chi connectivity index (χ1) is 14.0. The molecule has 2 amide bonds. The van der Waals surface area contributed by atoms with Gasteiger partial charge in [0.15, 0.2) is 5.78 Å². The van der Waals surface area contributed by atoms with Crippen molar-refractivity contribution in [2.45, 2.75) is 18.6 Å². The molecule has 2 aromatic rings. The number of ketones is 1. The molecule has 1 aliphatic rings. The van der Waals surface area contributed by atoms with Crippen molar-refractivity contribution in [3.05, 3.63) is 76.9 Å². The molecule has 0 saturated carbocycles. The van der Waals surface area contributed by atoms with E-state index < -0.39 is 5.25 Å². The molecule has 1 fully saturated rings. The molecule has 3 rings (SSSR count). The van der Waals surface area contributed by atoms with Crippen LogP contribution in [0.3, 0.4) is 0 Å². The highest BCUT2D eigenvalue weighted by molar-refractivity contribution is 8.15. The summed E-state index contributed by atoms with van der Waals surface area (Å²) in [7, 11) is 0. The molecule has 0 radical (unpaired) electrons. The Bertz CT molecular complexity index is 964. The van der Waals surface area contributed by atoms with E-state index in [2.05, 4.69) is 5.32 Å². The number of imide groups is 1. The van der Waals surface area contributed by atoms with Gasteiger partial charge in [0.2, 0.25) is 5.91 Å². The first-order valence-corrected chi connectivity index (χ1v) is 9.94. The van der Waals surface area contributed by atoms with Crippen LogP contribution in [0.25, 0.3) is 6.08 Å². The Morgan fingerprint density at radius 2 is 1.69 bits per heavy atom. The number of carbonyl (C=O) groups excluding carboxylic acids is 4. The summed E-state index contributed by atoms with van der Waals surface area (Å²) in [6, 6.07) is 13.8. The smallest absolute Gasteiger partial charge is 0.338 e. The third kappa shape index (κ3) is 5.42. The number of amides is 2. The third-order valence-corrected chi connectivity index (χ3v) is 5.26. The molecule has 0 bridgehead atoms. The minimum atomic E-state index is -0.429. The zero-order valence-corrected chi connectivity index (χ0v) is 16.5. The van der Waals surface area contributed by atoms with Gasteiger partial charge >= 0.3 is 5.97 Å². The average molecular weight is 409 g/mol. The van der Waals surface area contributed by atoms with E-state index in [4.69, 9.17) is 4.74 Å². The molecule has 0 aromatic heterocycles. The second-order valence-corrected chi connectivity index (χ2v) is 7.50. The maximum atomic E-state index is 12.4. The summed E-state index contributed by atoms with van der Waals surface area (Å²) >= 11 is 0.983. The van der Waals surface area contributed by atoms with Crippen molar-refractivity contribution in [3.63, 3.8) is 0 Å². The minimum absolute atomic E-state index is 0.158. The van der Waals surface area contributed by atoms with Crippen LogP contribution in [0.4, 0.5) is 4.79 Å². The van der Waals surface area contributed by atoms with Crippen molar-refractivity contribution in [1.82, 2.24) is 5.32 Å². The lowest BCUT2D eigenvalue weighted by molar-refractivity contribution is -0.118. The molecule has 29 heavy (non-hydrogen) atoms. The van der Waals surface area contributed by atoms with Crippen LogP contribution in [0.1, 0.15) is 38.8 Å². The number of ether oxygens (including phenoxy) is 1. The maximum Gasteiger partial charge on any atom is 0.338 e.